The molecule has 2 aliphatic carbocycles. The van der Waals surface area contributed by atoms with Gasteiger partial charge in [0, 0.05) is 42.9 Å². The monoisotopic (exact) mass is 458 g/mol. The summed E-state index contributed by atoms with van der Waals surface area (Å²) in [6, 6.07) is 9.90. The average molecular weight is 459 g/mol. The minimum absolute atomic E-state index is 0. The third-order valence-corrected chi connectivity index (χ3v) is 7.08. The van der Waals surface area contributed by atoms with E-state index < -0.39 is 0 Å². The third kappa shape index (κ3) is 4.50. The number of nitrogens with zero attached hydrogens (tertiary/aromatic N) is 2. The highest BCUT2D eigenvalue weighted by Crippen LogP contribution is 2.44. The molecule has 2 heterocycles. The molecule has 3 aliphatic rings. The predicted octanol–water partition coefficient (Wildman–Crippen LogP) is 3.01. The van der Waals surface area contributed by atoms with Gasteiger partial charge in [0.25, 0.3) is 5.91 Å². The molecule has 8 heteroatoms. The van der Waals surface area contributed by atoms with E-state index in [2.05, 4.69) is 10.3 Å². The number of hydrogen-bond acceptors (Lipinski definition) is 4. The number of carbonyl (C=O) groups is 2. The van der Waals surface area contributed by atoms with E-state index in [1.165, 1.54) is 18.3 Å². The van der Waals surface area contributed by atoms with E-state index in [0.717, 1.165) is 32.4 Å². The van der Waals surface area contributed by atoms with E-state index in [4.69, 9.17) is 5.73 Å². The zero-order chi connectivity index (χ0) is 21.5. The minimum Gasteiger partial charge on any atom is -0.349 e. The first-order valence-electron chi connectivity index (χ1n) is 11.1. The third-order valence-electron chi connectivity index (χ3n) is 7.08. The van der Waals surface area contributed by atoms with Crippen LogP contribution in [0.1, 0.15) is 36.0 Å². The number of fused-ring (bicyclic) bond motifs is 1. The second-order valence-corrected chi connectivity index (χ2v) is 9.12. The molecule has 1 aromatic carbocycles. The molecule has 1 aliphatic heterocycles. The van der Waals surface area contributed by atoms with Crippen LogP contribution in [-0.4, -0.2) is 46.9 Å². The number of aromatic nitrogens is 1. The Balaban J connectivity index is 0.00000245. The van der Waals surface area contributed by atoms with E-state index in [0.29, 0.717) is 35.1 Å². The van der Waals surface area contributed by atoms with Crippen molar-refractivity contribution in [3.8, 4) is 11.3 Å². The Morgan fingerprint density at radius 3 is 2.59 bits per heavy atom. The van der Waals surface area contributed by atoms with Gasteiger partial charge in [-0.2, -0.15) is 0 Å². The first kappa shape index (κ1) is 22.7. The predicted molar refractivity (Wildman–Crippen MR) is 122 cm³/mol. The molecule has 3 fully saturated rings. The molecule has 2 saturated carbocycles. The van der Waals surface area contributed by atoms with Crippen molar-refractivity contribution >= 4 is 24.2 Å². The van der Waals surface area contributed by atoms with Gasteiger partial charge in [-0.3, -0.25) is 14.6 Å². The molecule has 2 aromatic rings. The molecule has 1 saturated heterocycles. The quantitative estimate of drug-likeness (QED) is 0.737. The molecule has 1 aromatic heterocycles. The fourth-order valence-electron chi connectivity index (χ4n) is 5.17. The summed E-state index contributed by atoms with van der Waals surface area (Å²) in [5, 5.41) is 3.07. The standard InChI is InChI=1S/C24H27FN4O2.ClH/c25-17-5-1-3-14(9-17)21-8-7-16(11-27-21)23(30)28-18-6-2-4-15(10-18)24(31)29-12-19-20(13-29)22(19)26;/h1,3,5,7-9,11,15,18-20,22H,2,4,6,10,12-13,26H2,(H,28,30);1H/t15?,18?,19-,20+,22?;. The summed E-state index contributed by atoms with van der Waals surface area (Å²) in [5.74, 6) is 0.665. The number of hydrogen-bond donors (Lipinski definition) is 2. The van der Waals surface area contributed by atoms with Gasteiger partial charge in [0.2, 0.25) is 5.91 Å². The summed E-state index contributed by atoms with van der Waals surface area (Å²) in [6.07, 6.45) is 4.88. The molecular weight excluding hydrogens is 431 g/mol. The number of piperidine rings is 1. The lowest BCUT2D eigenvalue weighted by atomic mass is 9.84. The van der Waals surface area contributed by atoms with Gasteiger partial charge >= 0.3 is 0 Å². The van der Waals surface area contributed by atoms with Gasteiger partial charge < -0.3 is 16.0 Å². The van der Waals surface area contributed by atoms with Crippen molar-refractivity contribution in [1.82, 2.24) is 15.2 Å². The van der Waals surface area contributed by atoms with Crippen LogP contribution in [0.2, 0.25) is 0 Å². The van der Waals surface area contributed by atoms with Crippen LogP contribution in [0, 0.1) is 23.6 Å². The lowest BCUT2D eigenvalue weighted by Crippen LogP contribution is -2.44. The molecule has 3 unspecified atom stereocenters. The van der Waals surface area contributed by atoms with Crippen molar-refractivity contribution in [1.29, 1.82) is 0 Å². The summed E-state index contributed by atoms with van der Waals surface area (Å²) in [7, 11) is 0. The Hall–Kier alpha value is -2.51. The van der Waals surface area contributed by atoms with Gasteiger partial charge in [0.15, 0.2) is 0 Å². The second kappa shape index (κ2) is 9.16. The van der Waals surface area contributed by atoms with Crippen LogP contribution in [0.3, 0.4) is 0 Å². The highest BCUT2D eigenvalue weighted by molar-refractivity contribution is 5.94. The molecule has 2 amide bonds. The fraction of sp³-hybridized carbons (Fsp3) is 0.458. The SMILES string of the molecule is Cl.NC1[C@H]2CN(C(=O)C3CCCC(NC(=O)c4ccc(-c5cccc(F)c5)nc4)C3)C[C@@H]12. The van der Waals surface area contributed by atoms with Gasteiger partial charge in [-0.1, -0.05) is 18.6 Å². The van der Waals surface area contributed by atoms with E-state index >= 15 is 0 Å². The van der Waals surface area contributed by atoms with Crippen molar-refractivity contribution in [2.75, 3.05) is 13.1 Å². The molecular formula is C24H28ClFN4O2. The summed E-state index contributed by atoms with van der Waals surface area (Å²) in [4.78, 5) is 31.9. The largest absolute Gasteiger partial charge is 0.349 e. The Morgan fingerprint density at radius 1 is 1.12 bits per heavy atom. The van der Waals surface area contributed by atoms with Crippen LogP contribution >= 0.6 is 12.4 Å². The fourth-order valence-corrected chi connectivity index (χ4v) is 5.17. The van der Waals surface area contributed by atoms with Crippen molar-refractivity contribution < 1.29 is 14.0 Å². The van der Waals surface area contributed by atoms with Crippen LogP contribution in [0.4, 0.5) is 4.39 Å². The normalized spacial score (nSPS) is 28.4. The van der Waals surface area contributed by atoms with E-state index in [1.807, 2.05) is 4.90 Å². The number of benzene rings is 1. The first-order chi connectivity index (χ1) is 15.0. The molecule has 5 rings (SSSR count). The molecule has 0 spiro atoms. The highest BCUT2D eigenvalue weighted by atomic mass is 35.5. The summed E-state index contributed by atoms with van der Waals surface area (Å²) < 4.78 is 13.4. The van der Waals surface area contributed by atoms with Crippen LogP contribution in [0.15, 0.2) is 42.6 Å². The Labute approximate surface area is 193 Å². The van der Waals surface area contributed by atoms with E-state index in [1.54, 1.807) is 24.3 Å². The van der Waals surface area contributed by atoms with E-state index in [-0.39, 0.29) is 48.0 Å². The van der Waals surface area contributed by atoms with Crippen molar-refractivity contribution in [3.63, 3.8) is 0 Å². The minimum atomic E-state index is -0.323. The van der Waals surface area contributed by atoms with Crippen molar-refractivity contribution in [2.24, 2.45) is 23.5 Å². The molecule has 5 atom stereocenters. The topological polar surface area (TPSA) is 88.3 Å². The maximum atomic E-state index is 13.4. The molecule has 6 nitrogen and oxygen atoms in total. The maximum Gasteiger partial charge on any atom is 0.253 e. The van der Waals surface area contributed by atoms with Crippen LogP contribution in [-0.2, 0) is 4.79 Å². The van der Waals surface area contributed by atoms with Gasteiger partial charge in [-0.05, 0) is 55.4 Å². The van der Waals surface area contributed by atoms with E-state index in [9.17, 15) is 14.0 Å². The number of amides is 2. The van der Waals surface area contributed by atoms with Crippen LogP contribution < -0.4 is 11.1 Å². The molecule has 170 valence electrons. The molecule has 3 N–H and O–H groups in total. The zero-order valence-corrected chi connectivity index (χ0v) is 18.6. The van der Waals surface area contributed by atoms with Gasteiger partial charge in [0.05, 0.1) is 11.3 Å². The van der Waals surface area contributed by atoms with Crippen LogP contribution in [0.25, 0.3) is 11.3 Å². The lowest BCUT2D eigenvalue weighted by Gasteiger charge is -2.32. The summed E-state index contributed by atoms with van der Waals surface area (Å²) in [5.41, 5.74) is 7.73. The number of rotatable bonds is 4. The molecule has 32 heavy (non-hydrogen) atoms. The highest BCUT2D eigenvalue weighted by Gasteiger charge is 2.55. The van der Waals surface area contributed by atoms with Crippen LogP contribution in [0.5, 0.6) is 0 Å². The summed E-state index contributed by atoms with van der Waals surface area (Å²) in [6.45, 7) is 1.59. The summed E-state index contributed by atoms with van der Waals surface area (Å²) >= 11 is 0. The lowest BCUT2D eigenvalue weighted by molar-refractivity contribution is -0.136. The Morgan fingerprint density at radius 2 is 1.91 bits per heavy atom. The number of nitrogens with one attached hydrogen (secondary N) is 1. The smallest absolute Gasteiger partial charge is 0.253 e. The molecule has 0 bridgehead atoms. The van der Waals surface area contributed by atoms with Gasteiger partial charge in [-0.15, -0.1) is 12.4 Å². The number of halogens is 2. The van der Waals surface area contributed by atoms with Crippen molar-refractivity contribution in [2.45, 2.75) is 37.8 Å². The van der Waals surface area contributed by atoms with Crippen molar-refractivity contribution in [3.05, 3.63) is 54.0 Å². The average Bonchev–Trinajstić information content (AvgIpc) is 3.18. The zero-order valence-electron chi connectivity index (χ0n) is 17.7. The number of pyridine rings is 1. The Kier molecular flexibility index (Phi) is 6.49. The van der Waals surface area contributed by atoms with Gasteiger partial charge in [-0.25, -0.2) is 4.39 Å². The first-order valence-corrected chi connectivity index (χ1v) is 11.1. The number of carbonyl (C=O) groups excluding carboxylic acids is 2. The second-order valence-electron chi connectivity index (χ2n) is 9.12. The Bertz CT molecular complexity index is 990. The number of likely N-dealkylation sites (tertiary alicyclic amines) is 1. The van der Waals surface area contributed by atoms with Gasteiger partial charge in [0.1, 0.15) is 5.82 Å². The number of nitrogens with two attached hydrogens (primary N) is 1. The maximum absolute atomic E-state index is 13.4. The molecule has 0 radical (unpaired) electrons.